The molecule has 0 aliphatic heterocycles. The Kier molecular flexibility index (Phi) is 8.02. The number of hydrogen-bond acceptors (Lipinski definition) is 5. The van der Waals surface area contributed by atoms with Crippen molar-refractivity contribution in [2.24, 2.45) is 5.10 Å². The molecule has 0 aromatic heterocycles. The van der Waals surface area contributed by atoms with E-state index in [4.69, 9.17) is 14.2 Å². The predicted octanol–water partition coefficient (Wildman–Crippen LogP) is 4.54. The minimum absolute atomic E-state index is 0.409. The minimum Gasteiger partial charge on any atom is -0.496 e. The third-order valence-electron chi connectivity index (χ3n) is 3.44. The molecule has 2 aromatic rings. The van der Waals surface area contributed by atoms with Crippen molar-refractivity contribution < 1.29 is 14.2 Å². The molecule has 0 heterocycles. The van der Waals surface area contributed by atoms with Gasteiger partial charge in [0.1, 0.15) is 12.4 Å². The van der Waals surface area contributed by atoms with Crippen molar-refractivity contribution in [3.63, 3.8) is 0 Å². The fraction of sp³-hybridized carbons (Fsp3) is 0.250. The Balaban J connectivity index is 2.08. The van der Waals surface area contributed by atoms with Gasteiger partial charge in [-0.3, -0.25) is 0 Å². The number of rotatable bonds is 10. The van der Waals surface area contributed by atoms with Crippen LogP contribution in [0.2, 0.25) is 0 Å². The molecule has 0 atom stereocenters. The summed E-state index contributed by atoms with van der Waals surface area (Å²) in [6.45, 7) is 7.12. The summed E-state index contributed by atoms with van der Waals surface area (Å²) in [5.41, 5.74) is 4.96. The van der Waals surface area contributed by atoms with Crippen molar-refractivity contribution in [3.05, 3.63) is 64.7 Å². The molecule has 6 heteroatoms. The van der Waals surface area contributed by atoms with Crippen LogP contribution in [0.3, 0.4) is 0 Å². The Morgan fingerprint density at radius 3 is 2.73 bits per heavy atom. The van der Waals surface area contributed by atoms with E-state index in [0.717, 1.165) is 21.3 Å². The number of nitrogens with one attached hydrogen (secondary N) is 1. The van der Waals surface area contributed by atoms with E-state index in [2.05, 4.69) is 33.0 Å². The first-order chi connectivity index (χ1) is 12.7. The highest BCUT2D eigenvalue weighted by molar-refractivity contribution is 9.10. The van der Waals surface area contributed by atoms with Gasteiger partial charge in [0.25, 0.3) is 0 Å². The number of halogens is 1. The van der Waals surface area contributed by atoms with Crippen molar-refractivity contribution in [2.75, 3.05) is 20.3 Å². The summed E-state index contributed by atoms with van der Waals surface area (Å²) in [4.78, 5) is 0. The zero-order valence-electron chi connectivity index (χ0n) is 15.0. The molecular formula is C20H23BrN2O3. The smallest absolute Gasteiger partial charge is 0.175 e. The lowest BCUT2D eigenvalue weighted by molar-refractivity contribution is 0.295. The van der Waals surface area contributed by atoms with Crippen LogP contribution in [-0.4, -0.2) is 26.5 Å². The van der Waals surface area contributed by atoms with Gasteiger partial charge in [0, 0.05) is 5.56 Å². The Hall–Kier alpha value is -2.47. The number of hydrogen-bond donors (Lipinski definition) is 1. The summed E-state index contributed by atoms with van der Waals surface area (Å²) in [6.07, 6.45) is 3.43. The molecule has 0 fully saturated rings. The van der Waals surface area contributed by atoms with Crippen LogP contribution in [0.25, 0.3) is 0 Å². The highest BCUT2D eigenvalue weighted by Gasteiger charge is 2.11. The average molecular weight is 419 g/mol. The monoisotopic (exact) mass is 418 g/mol. The number of benzene rings is 2. The second kappa shape index (κ2) is 10.5. The number of nitrogens with zero attached hydrogens (tertiary/aromatic N) is 1. The summed E-state index contributed by atoms with van der Waals surface area (Å²) >= 11 is 3.52. The number of hydrazone groups is 1. The van der Waals surface area contributed by atoms with Gasteiger partial charge in [0.2, 0.25) is 0 Å². The molecular weight excluding hydrogens is 396 g/mol. The molecule has 0 bridgehead atoms. The topological polar surface area (TPSA) is 52.1 Å². The first-order valence-corrected chi connectivity index (χ1v) is 9.06. The lowest BCUT2D eigenvalue weighted by atomic mass is 10.2. The predicted molar refractivity (Wildman–Crippen MR) is 108 cm³/mol. The number of ether oxygens (including phenoxy) is 3. The molecule has 0 aliphatic rings. The zero-order chi connectivity index (χ0) is 18.8. The third kappa shape index (κ3) is 5.52. The van der Waals surface area contributed by atoms with Crippen molar-refractivity contribution in [2.45, 2.75) is 13.5 Å². The van der Waals surface area contributed by atoms with Crippen LogP contribution >= 0.6 is 15.9 Å². The normalized spacial score (nSPS) is 10.6. The molecule has 0 unspecified atom stereocenters. The van der Waals surface area contributed by atoms with Gasteiger partial charge in [-0.1, -0.05) is 30.9 Å². The van der Waals surface area contributed by atoms with E-state index in [9.17, 15) is 0 Å². The second-order valence-electron chi connectivity index (χ2n) is 5.27. The van der Waals surface area contributed by atoms with Crippen LogP contribution in [-0.2, 0) is 6.54 Å². The largest absolute Gasteiger partial charge is 0.496 e. The average Bonchev–Trinajstić information content (AvgIpc) is 2.65. The molecule has 1 N–H and O–H groups in total. The van der Waals surface area contributed by atoms with Crippen LogP contribution in [0.5, 0.6) is 17.2 Å². The van der Waals surface area contributed by atoms with Gasteiger partial charge in [-0.05, 0) is 46.6 Å². The van der Waals surface area contributed by atoms with Gasteiger partial charge in [-0.25, -0.2) is 0 Å². The minimum atomic E-state index is 0.409. The molecule has 2 aromatic carbocycles. The fourth-order valence-electron chi connectivity index (χ4n) is 2.31. The molecule has 0 spiro atoms. The van der Waals surface area contributed by atoms with Gasteiger partial charge in [-0.2, -0.15) is 5.10 Å². The molecule has 0 saturated heterocycles. The van der Waals surface area contributed by atoms with Crippen molar-refractivity contribution >= 4 is 22.1 Å². The van der Waals surface area contributed by atoms with E-state index < -0.39 is 0 Å². The van der Waals surface area contributed by atoms with Crippen molar-refractivity contribution in [1.82, 2.24) is 5.43 Å². The Morgan fingerprint density at radius 2 is 2.00 bits per heavy atom. The van der Waals surface area contributed by atoms with E-state index in [0.29, 0.717) is 31.3 Å². The maximum atomic E-state index is 5.67. The summed E-state index contributed by atoms with van der Waals surface area (Å²) in [6, 6.07) is 11.6. The van der Waals surface area contributed by atoms with Crippen LogP contribution in [0.1, 0.15) is 18.1 Å². The molecule has 0 radical (unpaired) electrons. The summed E-state index contributed by atoms with van der Waals surface area (Å²) in [5.74, 6) is 2.15. The first kappa shape index (κ1) is 19.8. The lowest BCUT2D eigenvalue weighted by Gasteiger charge is -2.13. The highest BCUT2D eigenvalue weighted by Crippen LogP contribution is 2.36. The van der Waals surface area contributed by atoms with E-state index >= 15 is 0 Å². The quantitative estimate of drug-likeness (QED) is 0.349. The van der Waals surface area contributed by atoms with Gasteiger partial charge in [0.05, 0.1) is 30.9 Å². The number of para-hydroxylation sites is 1. The Labute approximate surface area is 162 Å². The van der Waals surface area contributed by atoms with E-state index in [1.165, 1.54) is 0 Å². The van der Waals surface area contributed by atoms with E-state index in [1.54, 1.807) is 19.4 Å². The highest BCUT2D eigenvalue weighted by atomic mass is 79.9. The molecule has 138 valence electrons. The first-order valence-electron chi connectivity index (χ1n) is 8.27. The SMILES string of the molecule is C=CCOc1c(Br)cc(/C=N/NCc2ccccc2OC)cc1OCC. The molecule has 2 rings (SSSR count). The zero-order valence-corrected chi connectivity index (χ0v) is 16.6. The van der Waals surface area contributed by atoms with E-state index in [-0.39, 0.29) is 0 Å². The summed E-state index contributed by atoms with van der Waals surface area (Å²) < 4.78 is 17.5. The molecule has 0 saturated carbocycles. The molecule has 0 amide bonds. The number of methoxy groups -OCH3 is 1. The van der Waals surface area contributed by atoms with Gasteiger partial charge >= 0.3 is 0 Å². The fourth-order valence-corrected chi connectivity index (χ4v) is 2.88. The molecule has 26 heavy (non-hydrogen) atoms. The molecule has 5 nitrogen and oxygen atoms in total. The third-order valence-corrected chi connectivity index (χ3v) is 4.03. The Bertz CT molecular complexity index is 763. The van der Waals surface area contributed by atoms with E-state index in [1.807, 2.05) is 43.3 Å². The van der Waals surface area contributed by atoms with Crippen LogP contribution in [0, 0.1) is 0 Å². The maximum absolute atomic E-state index is 5.67. The standard InChI is InChI=1S/C20H23BrN2O3/c1-4-10-26-20-17(21)11-15(12-19(20)25-5-2)13-22-23-14-16-8-6-7-9-18(16)24-3/h4,6-9,11-13,23H,1,5,10,14H2,2-3H3/b22-13+. The maximum Gasteiger partial charge on any atom is 0.175 e. The molecule has 0 aliphatic carbocycles. The Morgan fingerprint density at radius 1 is 1.19 bits per heavy atom. The van der Waals surface area contributed by atoms with Crippen molar-refractivity contribution in [3.8, 4) is 17.2 Å². The lowest BCUT2D eigenvalue weighted by Crippen LogP contribution is -2.07. The second-order valence-corrected chi connectivity index (χ2v) is 6.12. The van der Waals surface area contributed by atoms with Gasteiger partial charge in [-0.15, -0.1) is 0 Å². The van der Waals surface area contributed by atoms with Crippen LogP contribution < -0.4 is 19.6 Å². The summed E-state index contributed by atoms with van der Waals surface area (Å²) in [5, 5.41) is 4.28. The van der Waals surface area contributed by atoms with Crippen LogP contribution in [0.4, 0.5) is 0 Å². The van der Waals surface area contributed by atoms with Gasteiger partial charge < -0.3 is 19.6 Å². The van der Waals surface area contributed by atoms with Gasteiger partial charge in [0.15, 0.2) is 11.5 Å². The van der Waals surface area contributed by atoms with Crippen LogP contribution in [0.15, 0.2) is 58.6 Å². The summed E-state index contributed by atoms with van der Waals surface area (Å²) in [7, 11) is 1.66. The van der Waals surface area contributed by atoms with Crippen molar-refractivity contribution in [1.29, 1.82) is 0 Å².